The summed E-state index contributed by atoms with van der Waals surface area (Å²) in [6, 6.07) is 3.55. The van der Waals surface area contributed by atoms with Gasteiger partial charge in [-0.15, -0.1) is 0 Å². The van der Waals surface area contributed by atoms with Gasteiger partial charge in [0.2, 0.25) is 11.6 Å². The summed E-state index contributed by atoms with van der Waals surface area (Å²) in [5.74, 6) is -8.30. The van der Waals surface area contributed by atoms with E-state index in [0.717, 1.165) is 25.3 Å². The molecule has 0 spiro atoms. The van der Waals surface area contributed by atoms with Gasteiger partial charge in [0.1, 0.15) is 11.4 Å². The molecule has 0 bridgehead atoms. The molecule has 1 N–H and O–H groups in total. The van der Waals surface area contributed by atoms with Crippen molar-refractivity contribution in [2.45, 2.75) is 0 Å². The Balaban J connectivity index is 2.44. The van der Waals surface area contributed by atoms with Gasteiger partial charge in [-0.3, -0.25) is 0 Å². The Morgan fingerprint density at radius 2 is 1.83 bits per heavy atom. The quantitative estimate of drug-likeness (QED) is 0.568. The highest BCUT2D eigenvalue weighted by Crippen LogP contribution is 2.40. The van der Waals surface area contributed by atoms with Gasteiger partial charge in [-0.2, -0.15) is 4.39 Å². The number of rotatable bonds is 3. The number of carboxylic acids is 1. The van der Waals surface area contributed by atoms with Crippen molar-refractivity contribution in [2.24, 2.45) is 0 Å². The maximum absolute atomic E-state index is 14.5. The van der Waals surface area contributed by atoms with E-state index in [2.05, 4.69) is 4.74 Å². The van der Waals surface area contributed by atoms with Crippen LogP contribution in [0.25, 0.3) is 22.1 Å². The van der Waals surface area contributed by atoms with E-state index in [-0.39, 0.29) is 16.5 Å². The van der Waals surface area contributed by atoms with E-state index in [1.54, 1.807) is 0 Å². The zero-order valence-electron chi connectivity index (χ0n) is 12.0. The van der Waals surface area contributed by atoms with Gasteiger partial charge < -0.3 is 14.3 Å². The fourth-order valence-corrected chi connectivity index (χ4v) is 2.43. The molecule has 0 atom stereocenters. The van der Waals surface area contributed by atoms with Gasteiger partial charge in [0.15, 0.2) is 17.4 Å². The van der Waals surface area contributed by atoms with Crippen molar-refractivity contribution in [3.63, 3.8) is 0 Å². The molecule has 0 saturated carbocycles. The van der Waals surface area contributed by atoms with Crippen LogP contribution in [0, 0.1) is 23.3 Å². The molecule has 0 aliphatic rings. The lowest BCUT2D eigenvalue weighted by atomic mass is 10.00. The van der Waals surface area contributed by atoms with Gasteiger partial charge in [0.05, 0.1) is 7.11 Å². The molecule has 3 aromatic rings. The van der Waals surface area contributed by atoms with Crippen molar-refractivity contribution < 1.29 is 36.6 Å². The zero-order chi connectivity index (χ0) is 17.6. The summed E-state index contributed by atoms with van der Waals surface area (Å²) in [7, 11) is 0.936. The Hall–Kier alpha value is -3.03. The molecule has 0 aliphatic heterocycles. The molecule has 2 aromatic carbocycles. The molecule has 0 amide bonds. The lowest BCUT2D eigenvalue weighted by Crippen LogP contribution is -2.02. The fourth-order valence-electron chi connectivity index (χ4n) is 2.43. The van der Waals surface area contributed by atoms with E-state index >= 15 is 0 Å². The fraction of sp³-hybridized carbons (Fsp3) is 0.0625. The van der Waals surface area contributed by atoms with Crippen LogP contribution in [0.1, 0.15) is 10.6 Å². The first-order chi connectivity index (χ1) is 11.3. The summed E-state index contributed by atoms with van der Waals surface area (Å²) in [5, 5.41) is 9.26. The lowest BCUT2D eigenvalue weighted by Gasteiger charge is -2.09. The highest BCUT2D eigenvalue weighted by molar-refractivity contribution is 6.05. The Kier molecular flexibility index (Phi) is 3.67. The Bertz CT molecular complexity index is 978. The maximum atomic E-state index is 14.5. The van der Waals surface area contributed by atoms with Crippen molar-refractivity contribution in [1.29, 1.82) is 0 Å². The van der Waals surface area contributed by atoms with Gasteiger partial charge in [-0.1, -0.05) is 0 Å². The van der Waals surface area contributed by atoms with Gasteiger partial charge in [0, 0.05) is 22.6 Å². The summed E-state index contributed by atoms with van der Waals surface area (Å²) in [5.41, 5.74) is -1.09. The van der Waals surface area contributed by atoms with Crippen LogP contribution >= 0.6 is 0 Å². The molecular formula is C16H8F4O4. The normalized spacial score (nSPS) is 11.0. The Morgan fingerprint density at radius 3 is 2.46 bits per heavy atom. The molecule has 8 heteroatoms. The summed E-state index contributed by atoms with van der Waals surface area (Å²) in [6.07, 6.45) is 0. The first-order valence-electron chi connectivity index (χ1n) is 6.52. The molecule has 24 heavy (non-hydrogen) atoms. The average molecular weight is 340 g/mol. The molecule has 0 aliphatic carbocycles. The third kappa shape index (κ3) is 2.27. The maximum Gasteiger partial charge on any atom is 0.372 e. The van der Waals surface area contributed by atoms with Crippen LogP contribution in [0.2, 0.25) is 0 Å². The Morgan fingerprint density at radius 1 is 1.12 bits per heavy atom. The number of furan rings is 1. The van der Waals surface area contributed by atoms with Crippen molar-refractivity contribution in [3.8, 4) is 16.9 Å². The van der Waals surface area contributed by atoms with E-state index in [4.69, 9.17) is 4.42 Å². The van der Waals surface area contributed by atoms with E-state index < -0.39 is 46.3 Å². The highest BCUT2D eigenvalue weighted by atomic mass is 19.2. The van der Waals surface area contributed by atoms with Crippen LogP contribution in [0.5, 0.6) is 5.75 Å². The minimum absolute atomic E-state index is 0.0285. The molecule has 1 heterocycles. The third-order valence-corrected chi connectivity index (χ3v) is 3.44. The number of carbonyl (C=O) groups is 1. The van der Waals surface area contributed by atoms with E-state index in [1.807, 2.05) is 0 Å². The number of methoxy groups -OCH3 is 1. The van der Waals surface area contributed by atoms with Crippen LogP contribution in [-0.4, -0.2) is 18.2 Å². The molecule has 0 unspecified atom stereocenters. The molecule has 3 rings (SSSR count). The summed E-state index contributed by atoms with van der Waals surface area (Å²) >= 11 is 0. The minimum Gasteiger partial charge on any atom is -0.491 e. The third-order valence-electron chi connectivity index (χ3n) is 3.44. The highest BCUT2D eigenvalue weighted by Gasteiger charge is 2.28. The number of fused-ring (bicyclic) bond motifs is 1. The minimum atomic E-state index is -1.58. The molecule has 1 aromatic heterocycles. The van der Waals surface area contributed by atoms with Crippen molar-refractivity contribution in [1.82, 2.24) is 0 Å². The van der Waals surface area contributed by atoms with Crippen LogP contribution < -0.4 is 4.74 Å². The largest absolute Gasteiger partial charge is 0.491 e. The number of hydrogen-bond donors (Lipinski definition) is 1. The second-order valence-electron chi connectivity index (χ2n) is 4.82. The summed E-state index contributed by atoms with van der Waals surface area (Å²) < 4.78 is 64.6. The number of benzene rings is 2. The topological polar surface area (TPSA) is 59.7 Å². The first-order valence-corrected chi connectivity index (χ1v) is 6.52. The monoisotopic (exact) mass is 340 g/mol. The SMILES string of the molecule is COc1c(F)c(F)cc(-c2c(C(=O)O)oc3cc(F)ccc23)c1F. The van der Waals surface area contributed by atoms with Gasteiger partial charge in [0.25, 0.3) is 0 Å². The van der Waals surface area contributed by atoms with Crippen molar-refractivity contribution in [2.75, 3.05) is 7.11 Å². The number of ether oxygens (including phenoxy) is 1. The second kappa shape index (κ2) is 5.55. The molecule has 124 valence electrons. The zero-order valence-corrected chi connectivity index (χ0v) is 12.0. The molecule has 0 saturated heterocycles. The number of carboxylic acid groups (broad SMARTS) is 1. The van der Waals surface area contributed by atoms with Gasteiger partial charge in [-0.05, 0) is 18.2 Å². The number of halogens is 4. The van der Waals surface area contributed by atoms with Crippen LogP contribution in [0.15, 0.2) is 28.7 Å². The second-order valence-corrected chi connectivity index (χ2v) is 4.82. The van der Waals surface area contributed by atoms with Crippen molar-refractivity contribution >= 4 is 16.9 Å². The van der Waals surface area contributed by atoms with Gasteiger partial charge >= 0.3 is 5.97 Å². The molecule has 0 fully saturated rings. The molecule has 0 radical (unpaired) electrons. The average Bonchev–Trinajstić information content (AvgIpc) is 2.90. The molecular weight excluding hydrogens is 332 g/mol. The number of aromatic carboxylic acids is 1. The standard InChI is InChI=1S/C16H8F4O4/c1-23-15-12(19)8(5-9(18)13(15)20)11-7-3-2-6(17)4-10(7)24-14(11)16(21)22/h2-5H,1H3,(H,21,22). The summed E-state index contributed by atoms with van der Waals surface area (Å²) in [6.45, 7) is 0. The van der Waals surface area contributed by atoms with Crippen LogP contribution in [-0.2, 0) is 0 Å². The summed E-state index contributed by atoms with van der Waals surface area (Å²) in [4.78, 5) is 11.4. The smallest absolute Gasteiger partial charge is 0.372 e. The van der Waals surface area contributed by atoms with E-state index in [9.17, 15) is 27.5 Å². The molecule has 4 nitrogen and oxygen atoms in total. The Labute approximate surface area is 131 Å². The van der Waals surface area contributed by atoms with E-state index in [1.165, 1.54) is 0 Å². The van der Waals surface area contributed by atoms with Crippen LogP contribution in [0.3, 0.4) is 0 Å². The van der Waals surface area contributed by atoms with E-state index in [0.29, 0.717) is 6.07 Å². The van der Waals surface area contributed by atoms with Gasteiger partial charge in [-0.25, -0.2) is 18.0 Å². The van der Waals surface area contributed by atoms with Crippen molar-refractivity contribution in [3.05, 3.63) is 53.3 Å². The predicted molar refractivity (Wildman–Crippen MR) is 75.0 cm³/mol. The first kappa shape index (κ1) is 15.9. The predicted octanol–water partition coefficient (Wildman–Crippen LogP) is 4.36. The van der Waals surface area contributed by atoms with Crippen LogP contribution in [0.4, 0.5) is 17.6 Å². The lowest BCUT2D eigenvalue weighted by molar-refractivity contribution is 0.0666. The number of hydrogen-bond acceptors (Lipinski definition) is 3.